The van der Waals surface area contributed by atoms with Crippen molar-refractivity contribution in [1.29, 1.82) is 0 Å². The van der Waals surface area contributed by atoms with Gasteiger partial charge in [-0.25, -0.2) is 0 Å². The Hall–Kier alpha value is -1.02. The number of carbonyl (C=O) groups is 1. The summed E-state index contributed by atoms with van der Waals surface area (Å²) in [7, 11) is 0. The fourth-order valence-electron chi connectivity index (χ4n) is 1.24. The van der Waals surface area contributed by atoms with Gasteiger partial charge in [0.1, 0.15) is 12.0 Å². The van der Waals surface area contributed by atoms with Gasteiger partial charge in [0.15, 0.2) is 0 Å². The molecule has 0 bridgehead atoms. The van der Waals surface area contributed by atoms with Crippen LogP contribution in [0.15, 0.2) is 18.2 Å². The third kappa shape index (κ3) is 3.92. The summed E-state index contributed by atoms with van der Waals surface area (Å²) < 4.78 is 5.49. The molecule has 1 aromatic carbocycles. The summed E-state index contributed by atoms with van der Waals surface area (Å²) in [6.07, 6.45) is 4.13. The Balaban J connectivity index is 2.50. The molecule has 0 heterocycles. The van der Waals surface area contributed by atoms with E-state index in [2.05, 4.69) is 6.92 Å². The fraction of sp³-hybridized carbons (Fsp3) is 0.417. The molecule has 0 aliphatic rings. The minimum Gasteiger partial charge on any atom is -0.492 e. The summed E-state index contributed by atoms with van der Waals surface area (Å²) in [6, 6.07) is 5.05. The Morgan fingerprint density at radius 1 is 1.40 bits per heavy atom. The number of ether oxygens (including phenoxy) is 1. The highest BCUT2D eigenvalue weighted by atomic mass is 35.5. The number of unbranched alkanes of at least 4 members (excludes halogenated alkanes) is 2. The molecule has 0 unspecified atom stereocenters. The lowest BCUT2D eigenvalue weighted by atomic mass is 10.2. The lowest BCUT2D eigenvalue weighted by molar-refractivity contribution is 0.112. The third-order valence-corrected chi connectivity index (χ3v) is 2.39. The Kier molecular flexibility index (Phi) is 5.19. The first-order valence-electron chi connectivity index (χ1n) is 5.15. The molecule has 0 fully saturated rings. The molecule has 15 heavy (non-hydrogen) atoms. The highest BCUT2D eigenvalue weighted by molar-refractivity contribution is 6.32. The third-order valence-electron chi connectivity index (χ3n) is 2.10. The van der Waals surface area contributed by atoms with Crippen molar-refractivity contribution >= 4 is 17.9 Å². The summed E-state index contributed by atoms with van der Waals surface area (Å²) in [5, 5.41) is 0.496. The minimum absolute atomic E-state index is 0.496. The van der Waals surface area contributed by atoms with E-state index in [1.165, 1.54) is 6.42 Å². The van der Waals surface area contributed by atoms with E-state index in [0.29, 0.717) is 22.9 Å². The second-order valence-electron chi connectivity index (χ2n) is 3.36. The van der Waals surface area contributed by atoms with Gasteiger partial charge < -0.3 is 4.74 Å². The van der Waals surface area contributed by atoms with Crippen LogP contribution in [0.4, 0.5) is 0 Å². The van der Waals surface area contributed by atoms with Crippen LogP contribution in [0.3, 0.4) is 0 Å². The highest BCUT2D eigenvalue weighted by Crippen LogP contribution is 2.25. The van der Waals surface area contributed by atoms with Gasteiger partial charge in [-0.2, -0.15) is 0 Å². The SMILES string of the molecule is CCCCCOc1ccc(C=O)cc1Cl. The summed E-state index contributed by atoms with van der Waals surface area (Å²) in [6.45, 7) is 2.82. The predicted molar refractivity (Wildman–Crippen MR) is 61.9 cm³/mol. The maximum absolute atomic E-state index is 10.5. The van der Waals surface area contributed by atoms with E-state index in [-0.39, 0.29) is 0 Å². The van der Waals surface area contributed by atoms with E-state index in [0.717, 1.165) is 19.1 Å². The molecule has 1 rings (SSSR count). The van der Waals surface area contributed by atoms with E-state index in [1.54, 1.807) is 18.2 Å². The zero-order valence-electron chi connectivity index (χ0n) is 8.83. The number of aldehydes is 1. The molecule has 0 aliphatic heterocycles. The smallest absolute Gasteiger partial charge is 0.150 e. The molecule has 0 radical (unpaired) electrons. The molecule has 0 N–H and O–H groups in total. The molecular formula is C12H15ClO2. The lowest BCUT2D eigenvalue weighted by Gasteiger charge is -2.07. The molecule has 0 aromatic heterocycles. The van der Waals surface area contributed by atoms with Crippen LogP contribution in [0, 0.1) is 0 Å². The summed E-state index contributed by atoms with van der Waals surface area (Å²) >= 11 is 5.94. The zero-order chi connectivity index (χ0) is 11.1. The Labute approximate surface area is 95.2 Å². The van der Waals surface area contributed by atoms with Crippen LogP contribution < -0.4 is 4.74 Å². The monoisotopic (exact) mass is 226 g/mol. The van der Waals surface area contributed by atoms with Crippen LogP contribution in [0.2, 0.25) is 5.02 Å². The molecular weight excluding hydrogens is 212 g/mol. The van der Waals surface area contributed by atoms with Crippen LogP contribution >= 0.6 is 11.6 Å². The quantitative estimate of drug-likeness (QED) is 0.546. The van der Waals surface area contributed by atoms with E-state index in [9.17, 15) is 4.79 Å². The van der Waals surface area contributed by atoms with Gasteiger partial charge in [-0.15, -0.1) is 0 Å². The van der Waals surface area contributed by atoms with Crippen molar-refractivity contribution in [2.24, 2.45) is 0 Å². The van der Waals surface area contributed by atoms with Crippen molar-refractivity contribution in [3.63, 3.8) is 0 Å². The Bertz CT molecular complexity index is 323. The number of hydrogen-bond donors (Lipinski definition) is 0. The molecule has 3 heteroatoms. The average Bonchev–Trinajstić information content (AvgIpc) is 2.26. The van der Waals surface area contributed by atoms with Gasteiger partial charge in [-0.05, 0) is 24.6 Å². The Morgan fingerprint density at radius 2 is 2.20 bits per heavy atom. The first-order chi connectivity index (χ1) is 7.27. The number of carbonyl (C=O) groups excluding carboxylic acids is 1. The highest BCUT2D eigenvalue weighted by Gasteiger charge is 2.02. The maximum Gasteiger partial charge on any atom is 0.150 e. The normalized spacial score (nSPS) is 10.0. The number of benzene rings is 1. The molecule has 2 nitrogen and oxygen atoms in total. The predicted octanol–water partition coefficient (Wildman–Crippen LogP) is 3.72. The van der Waals surface area contributed by atoms with Crippen molar-refractivity contribution in [1.82, 2.24) is 0 Å². The largest absolute Gasteiger partial charge is 0.492 e. The second kappa shape index (κ2) is 6.46. The van der Waals surface area contributed by atoms with Crippen molar-refractivity contribution < 1.29 is 9.53 Å². The number of halogens is 1. The summed E-state index contributed by atoms with van der Waals surface area (Å²) in [5.74, 6) is 0.651. The fourth-order valence-corrected chi connectivity index (χ4v) is 1.49. The van der Waals surface area contributed by atoms with Gasteiger partial charge in [0.2, 0.25) is 0 Å². The molecule has 0 amide bonds. The van der Waals surface area contributed by atoms with Gasteiger partial charge in [-0.3, -0.25) is 4.79 Å². The number of hydrogen-bond acceptors (Lipinski definition) is 2. The minimum atomic E-state index is 0.496. The molecule has 0 saturated heterocycles. The maximum atomic E-state index is 10.5. The van der Waals surface area contributed by atoms with Crippen LogP contribution in [0.25, 0.3) is 0 Å². The van der Waals surface area contributed by atoms with Gasteiger partial charge in [-0.1, -0.05) is 31.4 Å². The van der Waals surface area contributed by atoms with Crippen molar-refractivity contribution in [2.45, 2.75) is 26.2 Å². The molecule has 0 aliphatic carbocycles. The van der Waals surface area contributed by atoms with Crippen molar-refractivity contribution in [3.8, 4) is 5.75 Å². The summed E-state index contributed by atoms with van der Waals surface area (Å²) in [5.41, 5.74) is 0.570. The average molecular weight is 227 g/mol. The van der Waals surface area contributed by atoms with Crippen LogP contribution in [0.1, 0.15) is 36.5 Å². The first kappa shape index (κ1) is 12.1. The van der Waals surface area contributed by atoms with Gasteiger partial charge in [0.05, 0.1) is 11.6 Å². The molecule has 82 valence electrons. The van der Waals surface area contributed by atoms with E-state index < -0.39 is 0 Å². The van der Waals surface area contributed by atoms with Crippen molar-refractivity contribution in [3.05, 3.63) is 28.8 Å². The molecule has 0 atom stereocenters. The number of rotatable bonds is 6. The van der Waals surface area contributed by atoms with Gasteiger partial charge >= 0.3 is 0 Å². The van der Waals surface area contributed by atoms with E-state index in [4.69, 9.17) is 16.3 Å². The van der Waals surface area contributed by atoms with Gasteiger partial charge in [0.25, 0.3) is 0 Å². The Morgan fingerprint density at radius 3 is 2.80 bits per heavy atom. The van der Waals surface area contributed by atoms with E-state index >= 15 is 0 Å². The molecule has 1 aromatic rings. The molecule has 0 saturated carbocycles. The van der Waals surface area contributed by atoms with Crippen molar-refractivity contribution in [2.75, 3.05) is 6.61 Å². The first-order valence-corrected chi connectivity index (χ1v) is 5.53. The molecule has 0 spiro atoms. The zero-order valence-corrected chi connectivity index (χ0v) is 9.59. The summed E-state index contributed by atoms with van der Waals surface area (Å²) in [4.78, 5) is 10.5. The lowest BCUT2D eigenvalue weighted by Crippen LogP contribution is -1.97. The van der Waals surface area contributed by atoms with E-state index in [1.807, 2.05) is 0 Å². The second-order valence-corrected chi connectivity index (χ2v) is 3.77. The van der Waals surface area contributed by atoms with Crippen LogP contribution in [0.5, 0.6) is 5.75 Å². The van der Waals surface area contributed by atoms with Gasteiger partial charge in [0, 0.05) is 5.56 Å². The van der Waals surface area contributed by atoms with Crippen LogP contribution in [-0.4, -0.2) is 12.9 Å². The van der Waals surface area contributed by atoms with Crippen LogP contribution in [-0.2, 0) is 0 Å². The standard InChI is InChI=1S/C12H15ClO2/c1-2-3-4-7-15-12-6-5-10(9-14)8-11(12)13/h5-6,8-9H,2-4,7H2,1H3. The topological polar surface area (TPSA) is 26.3 Å².